The summed E-state index contributed by atoms with van der Waals surface area (Å²) in [7, 11) is 1.18. The van der Waals surface area contributed by atoms with Crippen LogP contribution in [0.15, 0.2) is 0 Å². The molecular weight excluding hydrogens is 118 g/mol. The Morgan fingerprint density at radius 3 is 2.00 bits per heavy atom. The Morgan fingerprint density at radius 2 is 2.00 bits per heavy atom. The first kappa shape index (κ1) is 7.39. The SMILES string of the molecule is CCN([SiH3])[Si](C)C. The topological polar surface area (TPSA) is 3.24 Å². The van der Waals surface area contributed by atoms with Crippen LogP contribution in [0.1, 0.15) is 6.92 Å². The molecule has 0 aromatic heterocycles. The van der Waals surface area contributed by atoms with Gasteiger partial charge in [0.15, 0.2) is 0 Å². The highest BCUT2D eigenvalue weighted by atomic mass is 28.3. The summed E-state index contributed by atoms with van der Waals surface area (Å²) in [6.07, 6.45) is 0. The molecule has 1 radical (unpaired) electrons. The van der Waals surface area contributed by atoms with Crippen LogP contribution in [0.5, 0.6) is 0 Å². The Morgan fingerprint density at radius 1 is 1.57 bits per heavy atom. The lowest BCUT2D eigenvalue weighted by Gasteiger charge is -2.16. The summed E-state index contributed by atoms with van der Waals surface area (Å²) in [5.74, 6) is 0. The second-order valence-corrected chi connectivity index (χ2v) is 6.59. The highest BCUT2D eigenvalue weighted by Crippen LogP contribution is 1.84. The maximum absolute atomic E-state index is 2.53. The largest absolute Gasteiger partial charge is 0.354 e. The molecule has 43 valence electrons. The van der Waals surface area contributed by atoms with Gasteiger partial charge in [-0.1, -0.05) is 20.0 Å². The zero-order valence-corrected chi connectivity index (χ0v) is 8.65. The lowest BCUT2D eigenvalue weighted by Crippen LogP contribution is -2.31. The molecule has 0 aliphatic rings. The smallest absolute Gasteiger partial charge is 0.122 e. The van der Waals surface area contributed by atoms with Crippen molar-refractivity contribution < 1.29 is 0 Å². The lowest BCUT2D eigenvalue weighted by atomic mass is 10.8. The van der Waals surface area contributed by atoms with Crippen LogP contribution < -0.4 is 0 Å². The molecule has 0 bridgehead atoms. The fraction of sp³-hybridized carbons (Fsp3) is 1.00. The van der Waals surface area contributed by atoms with E-state index in [0.29, 0.717) is 0 Å². The normalized spacial score (nSPS) is 11.6. The van der Waals surface area contributed by atoms with E-state index in [1.54, 1.807) is 0 Å². The molecule has 0 fully saturated rings. The standard InChI is InChI=1S/C4H14NSi2/c1-4-5(6)7(2)3/h4H2,1-3,6H3. The first-order valence-electron chi connectivity index (χ1n) is 2.69. The van der Waals surface area contributed by atoms with E-state index in [4.69, 9.17) is 0 Å². The van der Waals surface area contributed by atoms with Crippen molar-refractivity contribution in [2.75, 3.05) is 6.54 Å². The van der Waals surface area contributed by atoms with Crippen LogP contribution in [0.25, 0.3) is 0 Å². The van der Waals surface area contributed by atoms with E-state index in [-0.39, 0.29) is 8.96 Å². The highest BCUT2D eigenvalue weighted by Gasteiger charge is 1.98. The summed E-state index contributed by atoms with van der Waals surface area (Å²) < 4.78 is 2.53. The predicted octanol–water partition coefficient (Wildman–Crippen LogP) is -0.160. The van der Waals surface area contributed by atoms with Crippen LogP contribution >= 0.6 is 0 Å². The predicted molar refractivity (Wildman–Crippen MR) is 39.8 cm³/mol. The third-order valence-corrected chi connectivity index (χ3v) is 6.40. The van der Waals surface area contributed by atoms with Crippen molar-refractivity contribution in [3.63, 3.8) is 0 Å². The molecule has 0 N–H and O–H groups in total. The molecule has 0 saturated carbocycles. The minimum atomic E-state index is -0.0682. The summed E-state index contributed by atoms with van der Waals surface area (Å²) in [6.45, 7) is 8.15. The van der Waals surface area contributed by atoms with Gasteiger partial charge in [-0.3, -0.25) is 0 Å². The number of nitrogens with zero attached hydrogens (tertiary/aromatic N) is 1. The van der Waals surface area contributed by atoms with Crippen LogP contribution in [0.2, 0.25) is 13.1 Å². The van der Waals surface area contributed by atoms with Crippen LogP contribution in [-0.2, 0) is 0 Å². The molecule has 0 aromatic rings. The van der Waals surface area contributed by atoms with Crippen LogP contribution in [0.3, 0.4) is 0 Å². The molecule has 0 rings (SSSR count). The molecule has 3 heteroatoms. The van der Waals surface area contributed by atoms with Gasteiger partial charge in [-0.15, -0.1) is 0 Å². The quantitative estimate of drug-likeness (QED) is 0.472. The van der Waals surface area contributed by atoms with Crippen molar-refractivity contribution in [1.29, 1.82) is 0 Å². The first-order valence-corrected chi connectivity index (χ1v) is 6.04. The average molecular weight is 132 g/mol. The highest BCUT2D eigenvalue weighted by molar-refractivity contribution is 6.58. The lowest BCUT2D eigenvalue weighted by molar-refractivity contribution is 0.716. The van der Waals surface area contributed by atoms with Crippen LogP contribution in [0.4, 0.5) is 0 Å². The summed E-state index contributed by atoms with van der Waals surface area (Å²) in [5, 5.41) is 0. The van der Waals surface area contributed by atoms with Crippen molar-refractivity contribution >= 4 is 19.4 Å². The van der Waals surface area contributed by atoms with Gasteiger partial charge in [-0.2, -0.15) is 0 Å². The average Bonchev–Trinajstić information content (AvgIpc) is 1.65. The molecule has 1 nitrogen and oxygen atoms in total. The zero-order chi connectivity index (χ0) is 5.86. The molecule has 0 spiro atoms. The molecule has 0 aliphatic heterocycles. The van der Waals surface area contributed by atoms with E-state index < -0.39 is 0 Å². The molecule has 0 saturated heterocycles. The molecule has 0 atom stereocenters. The fourth-order valence-corrected chi connectivity index (χ4v) is 0.949. The minimum absolute atomic E-state index is 0.0682. The van der Waals surface area contributed by atoms with Gasteiger partial charge >= 0.3 is 0 Å². The second-order valence-electron chi connectivity index (χ2n) is 1.96. The van der Waals surface area contributed by atoms with E-state index in [0.717, 1.165) is 0 Å². The van der Waals surface area contributed by atoms with Crippen LogP contribution in [-0.4, -0.2) is 30.1 Å². The third kappa shape index (κ3) is 3.02. The fourth-order valence-electron chi connectivity index (χ4n) is 0.316. The van der Waals surface area contributed by atoms with E-state index in [9.17, 15) is 0 Å². The van der Waals surface area contributed by atoms with Gasteiger partial charge in [0.1, 0.15) is 8.96 Å². The minimum Gasteiger partial charge on any atom is -0.354 e. The number of hydrogen-bond acceptors (Lipinski definition) is 1. The van der Waals surface area contributed by atoms with E-state index >= 15 is 0 Å². The first-order chi connectivity index (χ1) is 3.18. The van der Waals surface area contributed by atoms with Gasteiger partial charge in [-0.05, 0) is 6.54 Å². The second kappa shape index (κ2) is 3.40. The third-order valence-electron chi connectivity index (χ3n) is 1.24. The van der Waals surface area contributed by atoms with E-state index in [1.165, 1.54) is 16.9 Å². The summed E-state index contributed by atoms with van der Waals surface area (Å²) in [4.78, 5) is 0. The molecule has 0 heterocycles. The Labute approximate surface area is 50.9 Å². The molecule has 7 heavy (non-hydrogen) atoms. The van der Waals surface area contributed by atoms with Gasteiger partial charge in [-0.25, -0.2) is 0 Å². The molecular formula is C4H14NSi2. The Bertz CT molecular complexity index is 47.0. The van der Waals surface area contributed by atoms with Crippen molar-refractivity contribution in [2.45, 2.75) is 20.0 Å². The molecule has 0 unspecified atom stereocenters. The molecule has 0 aliphatic carbocycles. The van der Waals surface area contributed by atoms with E-state index in [1.807, 2.05) is 0 Å². The Hall–Kier alpha value is 0.394. The van der Waals surface area contributed by atoms with Gasteiger partial charge in [0.25, 0.3) is 0 Å². The van der Waals surface area contributed by atoms with Gasteiger partial charge in [0.05, 0.1) is 10.4 Å². The van der Waals surface area contributed by atoms with Gasteiger partial charge < -0.3 is 4.23 Å². The Kier molecular flexibility index (Phi) is 3.59. The summed E-state index contributed by atoms with van der Waals surface area (Å²) in [6, 6.07) is 0. The molecule has 0 aromatic carbocycles. The zero-order valence-electron chi connectivity index (χ0n) is 5.65. The Balaban J connectivity index is 3.14. The van der Waals surface area contributed by atoms with Crippen LogP contribution in [0, 0.1) is 0 Å². The van der Waals surface area contributed by atoms with Crippen molar-refractivity contribution in [3.8, 4) is 0 Å². The van der Waals surface area contributed by atoms with Gasteiger partial charge in [0, 0.05) is 0 Å². The maximum atomic E-state index is 2.53. The van der Waals surface area contributed by atoms with Crippen molar-refractivity contribution in [3.05, 3.63) is 0 Å². The number of rotatable bonds is 2. The van der Waals surface area contributed by atoms with Crippen molar-refractivity contribution in [2.24, 2.45) is 0 Å². The monoisotopic (exact) mass is 132 g/mol. The van der Waals surface area contributed by atoms with Crippen molar-refractivity contribution in [1.82, 2.24) is 4.23 Å². The van der Waals surface area contributed by atoms with E-state index in [2.05, 4.69) is 24.2 Å². The maximum Gasteiger partial charge on any atom is 0.122 e. The van der Waals surface area contributed by atoms with Gasteiger partial charge in [0.2, 0.25) is 0 Å². The summed E-state index contributed by atoms with van der Waals surface area (Å²) in [5.41, 5.74) is 0. The summed E-state index contributed by atoms with van der Waals surface area (Å²) >= 11 is 0. The number of hydrogen-bond donors (Lipinski definition) is 0. The molecule has 0 amide bonds.